The van der Waals surface area contributed by atoms with Gasteiger partial charge >= 0.3 is 0 Å². The van der Waals surface area contributed by atoms with Crippen molar-refractivity contribution in [3.05, 3.63) is 35.9 Å². The molecule has 3 heteroatoms. The summed E-state index contributed by atoms with van der Waals surface area (Å²) in [4.78, 5) is 13.9. The quantitative estimate of drug-likeness (QED) is 0.693. The van der Waals surface area contributed by atoms with E-state index >= 15 is 0 Å². The van der Waals surface area contributed by atoms with Crippen molar-refractivity contribution in [3.8, 4) is 0 Å². The van der Waals surface area contributed by atoms with Crippen molar-refractivity contribution < 1.29 is 4.79 Å². The van der Waals surface area contributed by atoms with Crippen LogP contribution in [0.25, 0.3) is 0 Å². The Hall–Kier alpha value is -1.35. The number of carbonyl (C=O) groups is 1. The summed E-state index contributed by atoms with van der Waals surface area (Å²) < 4.78 is 0. The second-order valence-electron chi connectivity index (χ2n) is 4.72. The van der Waals surface area contributed by atoms with Gasteiger partial charge in [0.25, 0.3) is 0 Å². The molecule has 0 radical (unpaired) electrons. The highest BCUT2D eigenvalue weighted by Crippen LogP contribution is 2.01. The molecular weight excluding hydrogens is 236 g/mol. The number of amides is 1. The van der Waals surface area contributed by atoms with Crippen molar-refractivity contribution >= 4 is 5.91 Å². The number of nitrogens with one attached hydrogen (secondary N) is 1. The van der Waals surface area contributed by atoms with Gasteiger partial charge in [-0.3, -0.25) is 4.79 Å². The first-order chi connectivity index (χ1) is 9.26. The normalized spacial score (nSPS) is 10.7. The van der Waals surface area contributed by atoms with E-state index in [2.05, 4.69) is 48.3 Å². The van der Waals surface area contributed by atoms with Crippen molar-refractivity contribution in [3.63, 3.8) is 0 Å². The lowest BCUT2D eigenvalue weighted by atomic mass is 10.1. The number of hydrogen-bond donors (Lipinski definition) is 1. The van der Waals surface area contributed by atoms with Crippen LogP contribution in [-0.4, -0.2) is 37.0 Å². The zero-order chi connectivity index (χ0) is 13.9. The molecule has 0 spiro atoms. The zero-order valence-corrected chi connectivity index (χ0v) is 12.2. The molecule has 0 unspecified atom stereocenters. The molecule has 0 heterocycles. The van der Waals surface area contributed by atoms with Gasteiger partial charge in [-0.2, -0.15) is 0 Å². The molecule has 0 aliphatic rings. The minimum atomic E-state index is 0.167. The van der Waals surface area contributed by atoms with Crippen molar-refractivity contribution in [2.24, 2.45) is 0 Å². The predicted molar refractivity (Wildman–Crippen MR) is 80.2 cm³/mol. The van der Waals surface area contributed by atoms with Crippen LogP contribution in [-0.2, 0) is 11.2 Å². The Morgan fingerprint density at radius 1 is 1.16 bits per heavy atom. The molecule has 106 valence electrons. The van der Waals surface area contributed by atoms with Crippen LogP contribution in [0.5, 0.6) is 0 Å². The fourth-order valence-corrected chi connectivity index (χ4v) is 2.05. The third-order valence-corrected chi connectivity index (χ3v) is 3.36. The van der Waals surface area contributed by atoms with Gasteiger partial charge in [-0.1, -0.05) is 44.2 Å². The molecule has 0 aromatic heterocycles. The Morgan fingerprint density at radius 3 is 2.47 bits per heavy atom. The van der Waals surface area contributed by atoms with Gasteiger partial charge in [0.05, 0.1) is 0 Å². The van der Waals surface area contributed by atoms with E-state index in [1.807, 2.05) is 6.07 Å². The van der Waals surface area contributed by atoms with E-state index in [1.54, 1.807) is 0 Å². The highest BCUT2D eigenvalue weighted by Gasteiger charge is 2.04. The van der Waals surface area contributed by atoms with E-state index in [-0.39, 0.29) is 5.91 Å². The molecular formula is C16H26N2O. The van der Waals surface area contributed by atoms with E-state index in [1.165, 1.54) is 5.56 Å². The fourth-order valence-electron chi connectivity index (χ4n) is 2.05. The molecule has 1 aromatic rings. The first-order valence-electron chi connectivity index (χ1n) is 7.29. The molecule has 1 aromatic carbocycles. The van der Waals surface area contributed by atoms with Crippen LogP contribution in [0.3, 0.4) is 0 Å². The van der Waals surface area contributed by atoms with Crippen molar-refractivity contribution in [1.82, 2.24) is 10.2 Å². The average molecular weight is 262 g/mol. The van der Waals surface area contributed by atoms with E-state index in [4.69, 9.17) is 0 Å². The van der Waals surface area contributed by atoms with Crippen LogP contribution in [0.2, 0.25) is 0 Å². The maximum absolute atomic E-state index is 11.7. The van der Waals surface area contributed by atoms with Crippen LogP contribution < -0.4 is 5.32 Å². The van der Waals surface area contributed by atoms with Crippen molar-refractivity contribution in [2.45, 2.75) is 33.1 Å². The number of hydrogen-bond acceptors (Lipinski definition) is 2. The van der Waals surface area contributed by atoms with Crippen LogP contribution in [0.4, 0.5) is 0 Å². The predicted octanol–water partition coefficient (Wildman–Crippen LogP) is 2.47. The molecule has 19 heavy (non-hydrogen) atoms. The van der Waals surface area contributed by atoms with E-state index in [0.29, 0.717) is 6.42 Å². The monoisotopic (exact) mass is 262 g/mol. The lowest BCUT2D eigenvalue weighted by Crippen LogP contribution is -2.31. The Kier molecular flexibility index (Phi) is 7.91. The molecule has 0 aliphatic heterocycles. The van der Waals surface area contributed by atoms with E-state index < -0.39 is 0 Å². The van der Waals surface area contributed by atoms with Gasteiger partial charge in [-0.05, 0) is 31.5 Å². The largest absolute Gasteiger partial charge is 0.356 e. The summed E-state index contributed by atoms with van der Waals surface area (Å²) in [6.45, 7) is 7.90. The fraction of sp³-hybridized carbons (Fsp3) is 0.562. The maximum Gasteiger partial charge on any atom is 0.221 e. The van der Waals surface area contributed by atoms with Gasteiger partial charge in [0, 0.05) is 19.5 Å². The highest BCUT2D eigenvalue weighted by molar-refractivity contribution is 5.75. The molecule has 1 amide bonds. The van der Waals surface area contributed by atoms with Crippen LogP contribution in [0.15, 0.2) is 30.3 Å². The molecule has 1 N–H and O–H groups in total. The Balaban J connectivity index is 2.07. The third kappa shape index (κ3) is 6.97. The summed E-state index contributed by atoms with van der Waals surface area (Å²) in [7, 11) is 0. The van der Waals surface area contributed by atoms with Gasteiger partial charge in [0.2, 0.25) is 5.91 Å². The van der Waals surface area contributed by atoms with Crippen LogP contribution >= 0.6 is 0 Å². The summed E-state index contributed by atoms with van der Waals surface area (Å²) >= 11 is 0. The average Bonchev–Trinajstić information content (AvgIpc) is 2.46. The number of benzene rings is 1. The standard InChI is InChI=1S/C16H26N2O/c1-3-18(4-2)14-12-16(19)17-13-8-11-15-9-6-5-7-10-15/h5-7,9-10H,3-4,8,11-14H2,1-2H3,(H,17,19). The summed E-state index contributed by atoms with van der Waals surface area (Å²) in [6, 6.07) is 10.4. The number of aryl methyl sites for hydroxylation is 1. The Morgan fingerprint density at radius 2 is 1.84 bits per heavy atom. The minimum absolute atomic E-state index is 0.167. The second-order valence-corrected chi connectivity index (χ2v) is 4.72. The molecule has 1 rings (SSSR count). The second kappa shape index (κ2) is 9.56. The Bertz CT molecular complexity index is 347. The SMILES string of the molecule is CCN(CC)CCC(=O)NCCCc1ccccc1. The van der Waals surface area contributed by atoms with E-state index in [0.717, 1.165) is 39.0 Å². The summed E-state index contributed by atoms with van der Waals surface area (Å²) in [5.41, 5.74) is 1.33. The maximum atomic E-state index is 11.7. The number of carbonyl (C=O) groups excluding carboxylic acids is 1. The lowest BCUT2D eigenvalue weighted by molar-refractivity contribution is -0.121. The lowest BCUT2D eigenvalue weighted by Gasteiger charge is -2.17. The first-order valence-corrected chi connectivity index (χ1v) is 7.29. The van der Waals surface area contributed by atoms with Gasteiger partial charge < -0.3 is 10.2 Å². The van der Waals surface area contributed by atoms with Gasteiger partial charge in [-0.15, -0.1) is 0 Å². The summed E-state index contributed by atoms with van der Waals surface area (Å²) in [5, 5.41) is 2.99. The molecule has 0 saturated carbocycles. The minimum Gasteiger partial charge on any atom is -0.356 e. The molecule has 0 atom stereocenters. The van der Waals surface area contributed by atoms with Crippen molar-refractivity contribution in [1.29, 1.82) is 0 Å². The molecule has 0 fully saturated rings. The molecule has 0 bridgehead atoms. The number of nitrogens with zero attached hydrogens (tertiary/aromatic N) is 1. The van der Waals surface area contributed by atoms with Gasteiger partial charge in [-0.25, -0.2) is 0 Å². The third-order valence-electron chi connectivity index (χ3n) is 3.36. The van der Waals surface area contributed by atoms with E-state index in [9.17, 15) is 4.79 Å². The van der Waals surface area contributed by atoms with Gasteiger partial charge in [0.1, 0.15) is 0 Å². The molecule has 0 aliphatic carbocycles. The molecule has 0 saturated heterocycles. The van der Waals surface area contributed by atoms with Crippen LogP contribution in [0, 0.1) is 0 Å². The topological polar surface area (TPSA) is 32.3 Å². The van der Waals surface area contributed by atoms with Gasteiger partial charge in [0.15, 0.2) is 0 Å². The van der Waals surface area contributed by atoms with Crippen molar-refractivity contribution in [2.75, 3.05) is 26.2 Å². The first kappa shape index (κ1) is 15.7. The number of rotatable bonds is 9. The highest BCUT2D eigenvalue weighted by atomic mass is 16.1. The zero-order valence-electron chi connectivity index (χ0n) is 12.2. The summed E-state index contributed by atoms with van der Waals surface area (Å²) in [6.07, 6.45) is 2.63. The Labute approximate surface area is 117 Å². The smallest absolute Gasteiger partial charge is 0.221 e. The molecule has 3 nitrogen and oxygen atoms in total. The van der Waals surface area contributed by atoms with Crippen LogP contribution in [0.1, 0.15) is 32.3 Å². The summed E-state index contributed by atoms with van der Waals surface area (Å²) in [5.74, 6) is 0.167.